The average molecular weight is 276 g/mol. The van der Waals surface area contributed by atoms with Gasteiger partial charge < -0.3 is 15.4 Å². The van der Waals surface area contributed by atoms with E-state index in [1.807, 2.05) is 0 Å². The molecule has 112 valence electrons. The van der Waals surface area contributed by atoms with E-state index in [2.05, 4.69) is 43.1 Å². The molecule has 0 aliphatic heterocycles. The third-order valence-corrected chi connectivity index (χ3v) is 4.03. The number of nitrogens with two attached hydrogens (primary N) is 1. The molecule has 1 atom stereocenters. The zero-order chi connectivity index (χ0) is 14.4. The number of nitrogens with zero attached hydrogens (tertiary/aromatic N) is 1. The van der Waals surface area contributed by atoms with Crippen LogP contribution in [0.5, 0.6) is 0 Å². The molecule has 20 heavy (non-hydrogen) atoms. The van der Waals surface area contributed by atoms with Gasteiger partial charge in [-0.2, -0.15) is 0 Å². The fraction of sp³-hybridized carbons (Fsp3) is 0.647. The molecule has 0 amide bonds. The molecule has 1 aromatic carbocycles. The van der Waals surface area contributed by atoms with Gasteiger partial charge in [0, 0.05) is 31.9 Å². The number of para-hydroxylation sites is 1. The van der Waals surface area contributed by atoms with Gasteiger partial charge in [0.25, 0.3) is 0 Å². The van der Waals surface area contributed by atoms with E-state index in [1.165, 1.54) is 24.1 Å². The van der Waals surface area contributed by atoms with Gasteiger partial charge in [-0.15, -0.1) is 0 Å². The number of rotatable bonds is 9. The van der Waals surface area contributed by atoms with E-state index in [9.17, 15) is 0 Å². The average Bonchev–Trinajstić information content (AvgIpc) is 3.28. The second-order valence-electron chi connectivity index (χ2n) is 5.94. The topological polar surface area (TPSA) is 38.5 Å². The Labute approximate surface area is 123 Å². The summed E-state index contributed by atoms with van der Waals surface area (Å²) >= 11 is 0. The first-order chi connectivity index (χ1) is 9.70. The van der Waals surface area contributed by atoms with Gasteiger partial charge >= 0.3 is 0 Å². The van der Waals surface area contributed by atoms with Crippen LogP contribution in [0.2, 0.25) is 0 Å². The van der Waals surface area contributed by atoms with Crippen LogP contribution in [-0.4, -0.2) is 32.8 Å². The summed E-state index contributed by atoms with van der Waals surface area (Å²) in [5.74, 6) is 0.843. The molecule has 0 spiro atoms. The van der Waals surface area contributed by atoms with Crippen LogP contribution in [-0.2, 0) is 11.2 Å². The monoisotopic (exact) mass is 276 g/mol. The quantitative estimate of drug-likeness (QED) is 0.705. The smallest absolute Gasteiger partial charge is 0.0641 e. The molecule has 1 aromatic rings. The molecule has 3 nitrogen and oxygen atoms in total. The summed E-state index contributed by atoms with van der Waals surface area (Å²) in [6.45, 7) is 4.82. The molecule has 0 saturated heterocycles. The summed E-state index contributed by atoms with van der Waals surface area (Å²) < 4.78 is 5.73. The Bertz CT molecular complexity index is 404. The van der Waals surface area contributed by atoms with Gasteiger partial charge in [0.05, 0.1) is 6.61 Å². The lowest BCUT2D eigenvalue weighted by atomic mass is 10.0. The highest BCUT2D eigenvalue weighted by Gasteiger charge is 2.21. The minimum Gasteiger partial charge on any atom is -0.379 e. The van der Waals surface area contributed by atoms with Gasteiger partial charge in [0.1, 0.15) is 0 Å². The maximum atomic E-state index is 6.09. The molecule has 3 heteroatoms. The van der Waals surface area contributed by atoms with E-state index in [1.54, 1.807) is 0 Å². The van der Waals surface area contributed by atoms with Gasteiger partial charge in [-0.1, -0.05) is 25.1 Å². The van der Waals surface area contributed by atoms with Gasteiger partial charge in [-0.3, -0.25) is 0 Å². The largest absolute Gasteiger partial charge is 0.379 e. The lowest BCUT2D eigenvalue weighted by molar-refractivity contribution is 0.131. The van der Waals surface area contributed by atoms with Crippen LogP contribution in [0.15, 0.2) is 24.3 Å². The fourth-order valence-electron chi connectivity index (χ4n) is 2.34. The number of benzene rings is 1. The van der Waals surface area contributed by atoms with E-state index < -0.39 is 0 Å². The minimum absolute atomic E-state index is 0.246. The standard InChI is InChI=1S/C17H28N2O/c1-3-16(18)12-15-6-4-5-7-17(15)19(2)10-11-20-13-14-8-9-14/h4-7,14,16H,3,8-13,18H2,1-2H3. The first-order valence-corrected chi connectivity index (χ1v) is 7.83. The zero-order valence-electron chi connectivity index (χ0n) is 12.8. The summed E-state index contributed by atoms with van der Waals surface area (Å²) in [5.41, 5.74) is 8.72. The van der Waals surface area contributed by atoms with Gasteiger partial charge in [-0.05, 0) is 43.2 Å². The highest BCUT2D eigenvalue weighted by molar-refractivity contribution is 5.53. The van der Waals surface area contributed by atoms with Crippen molar-refractivity contribution in [1.82, 2.24) is 0 Å². The van der Waals surface area contributed by atoms with E-state index in [0.717, 1.165) is 38.5 Å². The fourth-order valence-corrected chi connectivity index (χ4v) is 2.34. The molecule has 1 aliphatic carbocycles. The van der Waals surface area contributed by atoms with E-state index in [4.69, 9.17) is 10.5 Å². The highest BCUT2D eigenvalue weighted by atomic mass is 16.5. The van der Waals surface area contributed by atoms with Crippen LogP contribution in [0.25, 0.3) is 0 Å². The normalized spacial score (nSPS) is 16.1. The Morgan fingerprint density at radius 1 is 1.35 bits per heavy atom. The molecular weight excluding hydrogens is 248 g/mol. The lowest BCUT2D eigenvalue weighted by Gasteiger charge is -2.23. The van der Waals surface area contributed by atoms with Crippen molar-refractivity contribution >= 4 is 5.69 Å². The van der Waals surface area contributed by atoms with Crippen LogP contribution >= 0.6 is 0 Å². The van der Waals surface area contributed by atoms with E-state index >= 15 is 0 Å². The van der Waals surface area contributed by atoms with Crippen LogP contribution < -0.4 is 10.6 Å². The SMILES string of the molecule is CCC(N)Cc1ccccc1N(C)CCOCC1CC1. The Morgan fingerprint density at radius 2 is 2.10 bits per heavy atom. The highest BCUT2D eigenvalue weighted by Crippen LogP contribution is 2.28. The first kappa shape index (κ1) is 15.3. The minimum atomic E-state index is 0.246. The Hall–Kier alpha value is -1.06. The molecule has 0 aromatic heterocycles. The van der Waals surface area contributed by atoms with Crippen molar-refractivity contribution < 1.29 is 4.74 Å². The summed E-state index contributed by atoms with van der Waals surface area (Å²) in [6, 6.07) is 8.80. The third kappa shape index (κ3) is 4.80. The van der Waals surface area contributed by atoms with E-state index in [0.29, 0.717) is 0 Å². The van der Waals surface area contributed by atoms with Crippen molar-refractivity contribution in [3.8, 4) is 0 Å². The second kappa shape index (κ2) is 7.65. The molecule has 2 N–H and O–H groups in total. The number of hydrogen-bond donors (Lipinski definition) is 1. The maximum Gasteiger partial charge on any atom is 0.0641 e. The van der Waals surface area contributed by atoms with Crippen molar-refractivity contribution in [3.63, 3.8) is 0 Å². The molecule has 0 radical (unpaired) electrons. The zero-order valence-corrected chi connectivity index (χ0v) is 12.8. The Kier molecular flexibility index (Phi) is 5.86. The van der Waals surface area contributed by atoms with E-state index in [-0.39, 0.29) is 6.04 Å². The Morgan fingerprint density at radius 3 is 2.80 bits per heavy atom. The third-order valence-electron chi connectivity index (χ3n) is 4.03. The van der Waals surface area contributed by atoms with Crippen molar-refractivity contribution in [2.45, 2.75) is 38.6 Å². The van der Waals surface area contributed by atoms with Crippen LogP contribution in [0.3, 0.4) is 0 Å². The van der Waals surface area contributed by atoms with Crippen LogP contribution in [0, 0.1) is 5.92 Å². The predicted octanol–water partition coefficient (Wildman–Crippen LogP) is 2.83. The molecule has 1 aliphatic rings. The van der Waals surface area contributed by atoms with Crippen molar-refractivity contribution in [1.29, 1.82) is 0 Å². The first-order valence-electron chi connectivity index (χ1n) is 7.83. The van der Waals surface area contributed by atoms with Crippen molar-refractivity contribution in [2.24, 2.45) is 11.7 Å². The molecule has 0 bridgehead atoms. The molecular formula is C17H28N2O. The van der Waals surface area contributed by atoms with Gasteiger partial charge in [0.15, 0.2) is 0 Å². The van der Waals surface area contributed by atoms with Crippen LogP contribution in [0.4, 0.5) is 5.69 Å². The molecule has 1 unspecified atom stereocenters. The van der Waals surface area contributed by atoms with Crippen molar-refractivity contribution in [3.05, 3.63) is 29.8 Å². The summed E-state index contributed by atoms with van der Waals surface area (Å²) in [4.78, 5) is 2.28. The molecule has 1 saturated carbocycles. The number of ether oxygens (including phenoxy) is 1. The van der Waals surface area contributed by atoms with Crippen molar-refractivity contribution in [2.75, 3.05) is 31.7 Å². The number of hydrogen-bond acceptors (Lipinski definition) is 3. The van der Waals surface area contributed by atoms with Gasteiger partial charge in [-0.25, -0.2) is 0 Å². The molecule has 0 heterocycles. The summed E-state index contributed by atoms with van der Waals surface area (Å²) in [6.07, 6.45) is 4.67. The maximum absolute atomic E-state index is 6.09. The molecule has 1 fully saturated rings. The molecule has 2 rings (SSSR count). The lowest BCUT2D eigenvalue weighted by Crippen LogP contribution is -2.26. The summed E-state index contributed by atoms with van der Waals surface area (Å²) in [7, 11) is 2.14. The van der Waals surface area contributed by atoms with Gasteiger partial charge in [0.2, 0.25) is 0 Å². The number of likely N-dealkylation sites (N-methyl/N-ethyl adjacent to an activating group) is 1. The second-order valence-corrected chi connectivity index (χ2v) is 5.94. The number of anilines is 1. The van der Waals surface area contributed by atoms with Crippen LogP contribution in [0.1, 0.15) is 31.7 Å². The predicted molar refractivity (Wildman–Crippen MR) is 85.2 cm³/mol. The Balaban J connectivity index is 1.84. The summed E-state index contributed by atoms with van der Waals surface area (Å²) in [5, 5.41) is 0.